The normalized spacial score (nSPS) is 11.9. The van der Waals surface area contributed by atoms with Crippen LogP contribution in [0.2, 0.25) is 0 Å². The van der Waals surface area contributed by atoms with Crippen LogP contribution in [0.15, 0.2) is 30.3 Å². The first-order valence-corrected chi connectivity index (χ1v) is 8.44. The van der Waals surface area contributed by atoms with Crippen molar-refractivity contribution in [3.63, 3.8) is 0 Å². The van der Waals surface area contributed by atoms with Crippen LogP contribution in [-0.4, -0.2) is 12.0 Å². The van der Waals surface area contributed by atoms with Crippen LogP contribution in [0.1, 0.15) is 41.2 Å². The smallest absolute Gasteiger partial charge is 0.265 e. The standard InChI is InChI=1S/C21H27NO2/c1-7-18(24-19-9-8-13(2)10-15(19)4)21(23)22-20-16(5)11-14(3)12-17(20)6/h8-12,18H,7H2,1-6H3,(H,22,23)/t18-/m1/s1. The number of rotatable bonds is 5. The van der Waals surface area contributed by atoms with Crippen molar-refractivity contribution in [3.8, 4) is 5.75 Å². The number of carbonyl (C=O) groups is 1. The van der Waals surface area contributed by atoms with Crippen molar-refractivity contribution in [3.05, 3.63) is 58.1 Å². The number of amides is 1. The molecule has 0 aliphatic rings. The Morgan fingerprint density at radius 2 is 1.54 bits per heavy atom. The van der Waals surface area contributed by atoms with Crippen molar-refractivity contribution in [2.24, 2.45) is 0 Å². The van der Waals surface area contributed by atoms with Gasteiger partial charge in [0, 0.05) is 5.69 Å². The highest BCUT2D eigenvalue weighted by Gasteiger charge is 2.20. The zero-order valence-corrected chi connectivity index (χ0v) is 15.5. The van der Waals surface area contributed by atoms with Gasteiger partial charge in [0.1, 0.15) is 5.75 Å². The Morgan fingerprint density at radius 3 is 2.08 bits per heavy atom. The van der Waals surface area contributed by atoms with Gasteiger partial charge in [0.2, 0.25) is 0 Å². The van der Waals surface area contributed by atoms with Gasteiger partial charge < -0.3 is 10.1 Å². The van der Waals surface area contributed by atoms with E-state index in [9.17, 15) is 4.79 Å². The fraction of sp³-hybridized carbons (Fsp3) is 0.381. The van der Waals surface area contributed by atoms with E-state index in [0.717, 1.165) is 28.1 Å². The molecule has 0 saturated heterocycles. The van der Waals surface area contributed by atoms with Crippen LogP contribution in [0.25, 0.3) is 0 Å². The lowest BCUT2D eigenvalue weighted by Crippen LogP contribution is -2.33. The van der Waals surface area contributed by atoms with Gasteiger partial charge in [-0.3, -0.25) is 4.79 Å². The second-order valence-electron chi connectivity index (χ2n) is 6.55. The summed E-state index contributed by atoms with van der Waals surface area (Å²) in [5, 5.41) is 3.04. The number of carbonyl (C=O) groups excluding carboxylic acids is 1. The second-order valence-corrected chi connectivity index (χ2v) is 6.55. The molecule has 2 aromatic carbocycles. The molecule has 128 valence electrons. The number of aryl methyl sites for hydroxylation is 5. The number of hydrogen-bond acceptors (Lipinski definition) is 2. The average molecular weight is 325 g/mol. The van der Waals surface area contributed by atoms with E-state index in [-0.39, 0.29) is 5.91 Å². The predicted molar refractivity (Wildman–Crippen MR) is 99.9 cm³/mol. The van der Waals surface area contributed by atoms with Crippen molar-refractivity contribution < 1.29 is 9.53 Å². The van der Waals surface area contributed by atoms with Gasteiger partial charge in [0.05, 0.1) is 0 Å². The Balaban J connectivity index is 2.17. The Bertz CT molecular complexity index is 726. The van der Waals surface area contributed by atoms with Crippen molar-refractivity contribution in [2.75, 3.05) is 5.32 Å². The third kappa shape index (κ3) is 4.16. The van der Waals surface area contributed by atoms with Gasteiger partial charge >= 0.3 is 0 Å². The molecule has 24 heavy (non-hydrogen) atoms. The van der Waals surface area contributed by atoms with Gasteiger partial charge in [0.15, 0.2) is 6.10 Å². The maximum Gasteiger partial charge on any atom is 0.265 e. The fourth-order valence-electron chi connectivity index (χ4n) is 2.99. The first-order valence-electron chi connectivity index (χ1n) is 8.44. The zero-order chi connectivity index (χ0) is 17.9. The predicted octanol–water partition coefficient (Wildman–Crippen LogP) is 5.02. The van der Waals surface area contributed by atoms with Crippen LogP contribution < -0.4 is 10.1 Å². The first-order chi connectivity index (χ1) is 11.3. The van der Waals surface area contributed by atoms with Crippen molar-refractivity contribution in [1.82, 2.24) is 0 Å². The molecule has 2 rings (SSSR count). The van der Waals surface area contributed by atoms with E-state index in [1.54, 1.807) is 0 Å². The molecule has 0 saturated carbocycles. The van der Waals surface area contributed by atoms with Gasteiger partial charge in [-0.2, -0.15) is 0 Å². The molecule has 3 heteroatoms. The van der Waals surface area contributed by atoms with E-state index in [0.29, 0.717) is 6.42 Å². The van der Waals surface area contributed by atoms with Crippen LogP contribution >= 0.6 is 0 Å². The van der Waals surface area contributed by atoms with Crippen LogP contribution in [0, 0.1) is 34.6 Å². The highest BCUT2D eigenvalue weighted by Crippen LogP contribution is 2.24. The minimum absolute atomic E-state index is 0.104. The molecule has 0 heterocycles. The van der Waals surface area contributed by atoms with Gasteiger partial charge in [-0.15, -0.1) is 0 Å². The summed E-state index contributed by atoms with van der Waals surface area (Å²) in [6.45, 7) is 12.1. The summed E-state index contributed by atoms with van der Waals surface area (Å²) < 4.78 is 5.97. The van der Waals surface area contributed by atoms with Gasteiger partial charge in [-0.1, -0.05) is 42.3 Å². The number of benzene rings is 2. The Labute approximate surface area is 145 Å². The van der Waals surface area contributed by atoms with E-state index in [4.69, 9.17) is 4.74 Å². The number of hydrogen-bond donors (Lipinski definition) is 1. The third-order valence-corrected chi connectivity index (χ3v) is 4.19. The van der Waals surface area contributed by atoms with E-state index < -0.39 is 6.10 Å². The molecule has 0 fully saturated rings. The molecule has 0 aliphatic heterocycles. The minimum Gasteiger partial charge on any atom is -0.480 e. The van der Waals surface area contributed by atoms with Crippen molar-refractivity contribution >= 4 is 11.6 Å². The highest BCUT2D eigenvalue weighted by atomic mass is 16.5. The molecule has 0 bridgehead atoms. The van der Waals surface area contributed by atoms with Crippen LogP contribution in [0.4, 0.5) is 5.69 Å². The summed E-state index contributed by atoms with van der Waals surface area (Å²) in [5.41, 5.74) is 6.45. The summed E-state index contributed by atoms with van der Waals surface area (Å²) in [4.78, 5) is 12.7. The molecule has 0 radical (unpaired) electrons. The molecular weight excluding hydrogens is 298 g/mol. The summed E-state index contributed by atoms with van der Waals surface area (Å²) in [6, 6.07) is 10.2. The van der Waals surface area contributed by atoms with Crippen molar-refractivity contribution in [1.29, 1.82) is 0 Å². The maximum atomic E-state index is 12.7. The zero-order valence-electron chi connectivity index (χ0n) is 15.5. The van der Waals surface area contributed by atoms with E-state index in [1.165, 1.54) is 11.1 Å². The molecule has 1 amide bonds. The summed E-state index contributed by atoms with van der Waals surface area (Å²) in [5.74, 6) is 0.660. The number of nitrogens with one attached hydrogen (secondary N) is 1. The molecule has 1 atom stereocenters. The molecule has 0 aromatic heterocycles. The van der Waals surface area contributed by atoms with E-state index >= 15 is 0 Å². The van der Waals surface area contributed by atoms with Crippen LogP contribution in [0.5, 0.6) is 5.75 Å². The van der Waals surface area contributed by atoms with Gasteiger partial charge in [-0.05, 0) is 63.8 Å². The lowest BCUT2D eigenvalue weighted by Gasteiger charge is -2.20. The van der Waals surface area contributed by atoms with Crippen LogP contribution in [0.3, 0.4) is 0 Å². The number of anilines is 1. The molecule has 3 nitrogen and oxygen atoms in total. The van der Waals surface area contributed by atoms with Crippen LogP contribution in [-0.2, 0) is 4.79 Å². The summed E-state index contributed by atoms with van der Waals surface area (Å²) in [7, 11) is 0. The maximum absolute atomic E-state index is 12.7. The Hall–Kier alpha value is -2.29. The lowest BCUT2D eigenvalue weighted by atomic mass is 10.0. The lowest BCUT2D eigenvalue weighted by molar-refractivity contribution is -0.122. The highest BCUT2D eigenvalue weighted by molar-refractivity contribution is 5.95. The Morgan fingerprint density at radius 1 is 0.958 bits per heavy atom. The topological polar surface area (TPSA) is 38.3 Å². The first kappa shape index (κ1) is 18.1. The van der Waals surface area contributed by atoms with E-state index in [2.05, 4.69) is 30.4 Å². The number of ether oxygens (including phenoxy) is 1. The summed E-state index contributed by atoms with van der Waals surface area (Å²) in [6.07, 6.45) is 0.106. The largest absolute Gasteiger partial charge is 0.480 e. The monoisotopic (exact) mass is 325 g/mol. The van der Waals surface area contributed by atoms with Gasteiger partial charge in [-0.25, -0.2) is 0 Å². The second kappa shape index (κ2) is 7.52. The quantitative estimate of drug-likeness (QED) is 0.838. The fourth-order valence-corrected chi connectivity index (χ4v) is 2.99. The van der Waals surface area contributed by atoms with E-state index in [1.807, 2.05) is 46.8 Å². The van der Waals surface area contributed by atoms with Gasteiger partial charge in [0.25, 0.3) is 5.91 Å². The molecular formula is C21H27NO2. The SMILES string of the molecule is CC[C@@H](Oc1ccc(C)cc1C)C(=O)Nc1c(C)cc(C)cc1C. The Kier molecular flexibility index (Phi) is 5.66. The molecule has 1 N–H and O–H groups in total. The third-order valence-electron chi connectivity index (χ3n) is 4.19. The molecule has 0 aliphatic carbocycles. The summed E-state index contributed by atoms with van der Waals surface area (Å²) >= 11 is 0. The van der Waals surface area contributed by atoms with Crippen molar-refractivity contribution in [2.45, 2.75) is 54.1 Å². The minimum atomic E-state index is -0.508. The molecule has 0 unspecified atom stereocenters. The molecule has 0 spiro atoms. The average Bonchev–Trinajstić information content (AvgIpc) is 2.50. The molecule has 2 aromatic rings.